The van der Waals surface area contributed by atoms with Crippen molar-refractivity contribution in [2.24, 2.45) is 0 Å². The van der Waals surface area contributed by atoms with Gasteiger partial charge in [0, 0.05) is 6.54 Å². The van der Waals surface area contributed by atoms with Crippen LogP contribution < -0.4 is 5.32 Å². The van der Waals surface area contributed by atoms with Gasteiger partial charge in [0.15, 0.2) is 15.0 Å². The summed E-state index contributed by atoms with van der Waals surface area (Å²) in [6, 6.07) is 16.4. The Kier molecular flexibility index (Phi) is 7.50. The number of amides is 1. The number of thioether (sulfide) groups is 1. The highest BCUT2D eigenvalue weighted by Gasteiger charge is 2.21. The van der Waals surface area contributed by atoms with E-state index in [2.05, 4.69) is 15.5 Å². The second-order valence-electron chi connectivity index (χ2n) is 7.20. The molecule has 0 spiro atoms. The fourth-order valence-electron chi connectivity index (χ4n) is 3.09. The minimum atomic E-state index is -3.54. The van der Waals surface area contributed by atoms with Gasteiger partial charge in [0.25, 0.3) is 0 Å². The van der Waals surface area contributed by atoms with E-state index in [9.17, 15) is 13.2 Å². The number of aryl methyl sites for hydroxylation is 1. The van der Waals surface area contributed by atoms with Crippen LogP contribution in [-0.2, 0) is 26.9 Å². The Morgan fingerprint density at radius 2 is 1.77 bits per heavy atom. The summed E-state index contributed by atoms with van der Waals surface area (Å²) in [6.07, 6.45) is 0. The molecule has 1 amide bonds. The third-order valence-electron chi connectivity index (χ3n) is 4.82. The van der Waals surface area contributed by atoms with Crippen LogP contribution in [-0.4, -0.2) is 34.8 Å². The summed E-state index contributed by atoms with van der Waals surface area (Å²) < 4.78 is 27.3. The number of aromatic nitrogens is 3. The maximum Gasteiger partial charge on any atom is 0.230 e. The number of nitrogens with one attached hydrogen (secondary N) is 1. The number of sulfone groups is 1. The number of hydrogen-bond acceptors (Lipinski definition) is 6. The predicted molar refractivity (Wildman–Crippen MR) is 121 cm³/mol. The zero-order chi connectivity index (χ0) is 22.4. The van der Waals surface area contributed by atoms with Gasteiger partial charge in [-0.1, -0.05) is 59.8 Å². The average Bonchev–Trinajstić information content (AvgIpc) is 3.13. The summed E-state index contributed by atoms with van der Waals surface area (Å²) in [6.45, 7) is 6.24. The molecule has 0 radical (unpaired) electrons. The SMILES string of the molecule is CCn1c(CS(=O)(=O)c2ccc(C)cc2)nnc1SCC(=O)NC(C)c1ccccc1. The molecule has 1 atom stereocenters. The van der Waals surface area contributed by atoms with Crippen molar-refractivity contribution in [1.82, 2.24) is 20.1 Å². The van der Waals surface area contributed by atoms with E-state index in [1.54, 1.807) is 28.8 Å². The Morgan fingerprint density at radius 3 is 2.42 bits per heavy atom. The lowest BCUT2D eigenvalue weighted by Gasteiger charge is -2.14. The normalized spacial score (nSPS) is 12.5. The van der Waals surface area contributed by atoms with Gasteiger partial charge >= 0.3 is 0 Å². The van der Waals surface area contributed by atoms with Crippen molar-refractivity contribution in [1.29, 1.82) is 0 Å². The first-order valence-corrected chi connectivity index (χ1v) is 12.6. The monoisotopic (exact) mass is 458 g/mol. The third kappa shape index (κ3) is 5.95. The second-order valence-corrected chi connectivity index (χ2v) is 10.1. The predicted octanol–water partition coefficient (Wildman–Crippen LogP) is 3.55. The summed E-state index contributed by atoms with van der Waals surface area (Å²) in [4.78, 5) is 12.6. The second kappa shape index (κ2) is 10.1. The molecule has 2 aromatic carbocycles. The van der Waals surface area contributed by atoms with Gasteiger partial charge in [0.2, 0.25) is 5.91 Å². The molecule has 1 unspecified atom stereocenters. The number of carbonyl (C=O) groups excluding carboxylic acids is 1. The zero-order valence-electron chi connectivity index (χ0n) is 17.8. The van der Waals surface area contributed by atoms with Crippen molar-refractivity contribution in [2.45, 2.75) is 49.2 Å². The molecular weight excluding hydrogens is 432 g/mol. The Balaban J connectivity index is 1.64. The van der Waals surface area contributed by atoms with E-state index in [1.807, 2.05) is 51.1 Å². The molecule has 3 rings (SSSR count). The largest absolute Gasteiger partial charge is 0.349 e. The van der Waals surface area contributed by atoms with Crippen LogP contribution in [0.2, 0.25) is 0 Å². The summed E-state index contributed by atoms with van der Waals surface area (Å²) in [7, 11) is -3.54. The topological polar surface area (TPSA) is 93.9 Å². The summed E-state index contributed by atoms with van der Waals surface area (Å²) in [5.41, 5.74) is 2.02. The highest BCUT2D eigenvalue weighted by atomic mass is 32.2. The number of carbonyl (C=O) groups is 1. The molecule has 0 fully saturated rings. The highest BCUT2D eigenvalue weighted by molar-refractivity contribution is 7.99. The highest BCUT2D eigenvalue weighted by Crippen LogP contribution is 2.21. The van der Waals surface area contributed by atoms with Crippen molar-refractivity contribution in [2.75, 3.05) is 5.75 Å². The van der Waals surface area contributed by atoms with Gasteiger partial charge in [0.1, 0.15) is 11.6 Å². The molecule has 0 saturated carbocycles. The molecule has 0 bridgehead atoms. The van der Waals surface area contributed by atoms with E-state index >= 15 is 0 Å². The van der Waals surface area contributed by atoms with E-state index in [4.69, 9.17) is 0 Å². The molecule has 3 aromatic rings. The van der Waals surface area contributed by atoms with Crippen LogP contribution in [0.4, 0.5) is 0 Å². The molecule has 1 aromatic heterocycles. The Morgan fingerprint density at radius 1 is 1.10 bits per heavy atom. The van der Waals surface area contributed by atoms with Crippen LogP contribution in [0.25, 0.3) is 0 Å². The molecule has 7 nitrogen and oxygen atoms in total. The Labute approximate surface area is 187 Å². The molecule has 0 saturated heterocycles. The van der Waals surface area contributed by atoms with Gasteiger partial charge in [0.05, 0.1) is 16.7 Å². The molecule has 0 aliphatic heterocycles. The van der Waals surface area contributed by atoms with E-state index in [0.717, 1.165) is 11.1 Å². The van der Waals surface area contributed by atoms with Gasteiger partial charge in [-0.3, -0.25) is 4.79 Å². The van der Waals surface area contributed by atoms with Gasteiger partial charge in [-0.2, -0.15) is 0 Å². The quantitative estimate of drug-likeness (QED) is 0.493. The fourth-order valence-corrected chi connectivity index (χ4v) is 5.19. The first-order valence-electron chi connectivity index (χ1n) is 9.98. The van der Waals surface area contributed by atoms with Crippen molar-refractivity contribution >= 4 is 27.5 Å². The maximum absolute atomic E-state index is 12.8. The molecule has 1 N–H and O–H groups in total. The van der Waals surface area contributed by atoms with Crippen LogP contribution in [0.5, 0.6) is 0 Å². The van der Waals surface area contributed by atoms with Crippen LogP contribution >= 0.6 is 11.8 Å². The fraction of sp³-hybridized carbons (Fsp3) is 0.318. The minimum Gasteiger partial charge on any atom is -0.349 e. The number of rotatable bonds is 9. The molecule has 1 heterocycles. The van der Waals surface area contributed by atoms with Crippen molar-refractivity contribution < 1.29 is 13.2 Å². The molecule has 164 valence electrons. The van der Waals surface area contributed by atoms with E-state index in [0.29, 0.717) is 17.5 Å². The Bertz CT molecular complexity index is 1130. The summed E-state index contributed by atoms with van der Waals surface area (Å²) in [5.74, 6) is 0.166. The van der Waals surface area contributed by atoms with Gasteiger partial charge in [-0.25, -0.2) is 8.42 Å². The standard InChI is InChI=1S/C22H26N4O3S2/c1-4-26-20(15-31(28,29)19-12-10-16(2)11-13-19)24-25-22(26)30-14-21(27)23-17(3)18-8-6-5-7-9-18/h5-13,17H,4,14-15H2,1-3H3,(H,23,27). The van der Waals surface area contributed by atoms with Crippen LogP contribution in [0.15, 0.2) is 64.6 Å². The lowest BCUT2D eigenvalue weighted by molar-refractivity contribution is -0.119. The van der Waals surface area contributed by atoms with Crippen LogP contribution in [0.1, 0.15) is 36.8 Å². The smallest absolute Gasteiger partial charge is 0.230 e. The van der Waals surface area contributed by atoms with E-state index in [-0.39, 0.29) is 28.4 Å². The van der Waals surface area contributed by atoms with Gasteiger partial charge in [-0.05, 0) is 38.5 Å². The van der Waals surface area contributed by atoms with E-state index in [1.165, 1.54) is 11.8 Å². The number of nitrogens with zero attached hydrogens (tertiary/aromatic N) is 3. The molecule has 0 aliphatic carbocycles. The zero-order valence-corrected chi connectivity index (χ0v) is 19.4. The number of hydrogen-bond donors (Lipinski definition) is 1. The summed E-state index contributed by atoms with van der Waals surface area (Å²) >= 11 is 1.24. The minimum absolute atomic E-state index is 0.103. The molecule has 9 heteroatoms. The molecule has 31 heavy (non-hydrogen) atoms. The maximum atomic E-state index is 12.8. The van der Waals surface area contributed by atoms with Crippen molar-refractivity contribution in [3.05, 3.63) is 71.5 Å². The summed E-state index contributed by atoms with van der Waals surface area (Å²) in [5, 5.41) is 11.7. The van der Waals surface area contributed by atoms with Crippen molar-refractivity contribution in [3.63, 3.8) is 0 Å². The van der Waals surface area contributed by atoms with Crippen LogP contribution in [0, 0.1) is 6.92 Å². The number of benzene rings is 2. The first kappa shape index (κ1) is 23.0. The third-order valence-corrected chi connectivity index (χ3v) is 7.41. The van der Waals surface area contributed by atoms with E-state index < -0.39 is 9.84 Å². The van der Waals surface area contributed by atoms with Gasteiger partial charge in [-0.15, -0.1) is 10.2 Å². The van der Waals surface area contributed by atoms with Crippen LogP contribution in [0.3, 0.4) is 0 Å². The van der Waals surface area contributed by atoms with Gasteiger partial charge < -0.3 is 9.88 Å². The van der Waals surface area contributed by atoms with Crippen molar-refractivity contribution in [3.8, 4) is 0 Å². The Hall–Kier alpha value is -2.65. The molecular formula is C22H26N4O3S2. The lowest BCUT2D eigenvalue weighted by atomic mass is 10.1. The first-order chi connectivity index (χ1) is 14.8. The lowest BCUT2D eigenvalue weighted by Crippen LogP contribution is -2.28. The molecule has 0 aliphatic rings. The average molecular weight is 459 g/mol.